The Balaban J connectivity index is 1.46. The van der Waals surface area contributed by atoms with Gasteiger partial charge in [0.1, 0.15) is 5.75 Å². The minimum atomic E-state index is 0.240. The number of hydrogen-bond acceptors (Lipinski definition) is 1. The van der Waals surface area contributed by atoms with E-state index >= 15 is 0 Å². The third-order valence-corrected chi connectivity index (χ3v) is 6.86. The van der Waals surface area contributed by atoms with Crippen LogP contribution in [0.2, 0.25) is 0 Å². The lowest BCUT2D eigenvalue weighted by Gasteiger charge is -2.51. The van der Waals surface area contributed by atoms with Gasteiger partial charge in [-0.3, -0.25) is 0 Å². The Bertz CT molecular complexity index is 808. The lowest BCUT2D eigenvalue weighted by Crippen LogP contribution is -2.43. The molecule has 3 aliphatic carbocycles. The molecule has 2 bridgehead atoms. The Labute approximate surface area is 164 Å². The van der Waals surface area contributed by atoms with Gasteiger partial charge in [0.25, 0.3) is 0 Å². The summed E-state index contributed by atoms with van der Waals surface area (Å²) in [5.74, 6) is 8.07. The molecule has 0 spiro atoms. The van der Waals surface area contributed by atoms with E-state index in [4.69, 9.17) is 4.74 Å². The van der Waals surface area contributed by atoms with Crippen LogP contribution in [0.25, 0.3) is 0 Å². The summed E-state index contributed by atoms with van der Waals surface area (Å²) in [7, 11) is 0. The highest BCUT2D eigenvalue weighted by molar-refractivity contribution is 5.40. The molecule has 1 heteroatoms. The molecule has 5 rings (SSSR count). The molecule has 2 aromatic rings. The minimum absolute atomic E-state index is 0.240. The van der Waals surface area contributed by atoms with Gasteiger partial charge >= 0.3 is 0 Å². The minimum Gasteiger partial charge on any atom is -0.494 e. The predicted molar refractivity (Wildman–Crippen MR) is 112 cm³/mol. The van der Waals surface area contributed by atoms with Crippen molar-refractivity contribution in [2.24, 2.45) is 5.41 Å². The fourth-order valence-electron chi connectivity index (χ4n) is 4.91. The van der Waals surface area contributed by atoms with E-state index in [9.17, 15) is 0 Å². The van der Waals surface area contributed by atoms with E-state index in [1.807, 2.05) is 19.1 Å². The lowest BCUT2D eigenvalue weighted by molar-refractivity contribution is 0.0865. The average molecular weight is 359 g/mol. The lowest BCUT2D eigenvalue weighted by atomic mass is 9.52. The summed E-state index contributed by atoms with van der Waals surface area (Å²) in [6.45, 7) is 4.94. The van der Waals surface area contributed by atoms with Gasteiger partial charge in [-0.2, -0.15) is 0 Å². The third-order valence-electron chi connectivity index (χ3n) is 6.86. The first-order chi connectivity index (χ1) is 13.2. The molecule has 0 atom stereocenters. The van der Waals surface area contributed by atoms with Gasteiger partial charge in [-0.15, -0.1) is 0 Å². The van der Waals surface area contributed by atoms with E-state index in [-0.39, 0.29) is 5.41 Å². The second kappa shape index (κ2) is 7.43. The van der Waals surface area contributed by atoms with Crippen LogP contribution in [0, 0.1) is 17.3 Å². The van der Waals surface area contributed by atoms with Crippen molar-refractivity contribution in [2.45, 2.75) is 64.2 Å². The molecule has 0 aromatic heterocycles. The second-order valence-corrected chi connectivity index (χ2v) is 8.32. The summed E-state index contributed by atoms with van der Waals surface area (Å²) in [5.41, 5.74) is 4.76. The van der Waals surface area contributed by atoms with Crippen LogP contribution in [0.3, 0.4) is 0 Å². The maximum absolute atomic E-state index is 5.52. The van der Waals surface area contributed by atoms with Crippen molar-refractivity contribution in [3.05, 3.63) is 65.2 Å². The van der Waals surface area contributed by atoms with Gasteiger partial charge in [-0.1, -0.05) is 43.0 Å². The number of rotatable bonds is 4. The highest BCUT2D eigenvalue weighted by Gasteiger charge is 2.48. The standard InChI is InChI=1S/C26H30O/c1-3-21-5-9-23(10-6-21)26-18-15-25(16-19-26,17-20-26)14-13-22-7-11-24(12-8-22)27-4-2/h5-12H,3-4,15-20H2,1-2H3. The third kappa shape index (κ3) is 3.63. The molecule has 3 aliphatic rings. The molecule has 2 aromatic carbocycles. The van der Waals surface area contributed by atoms with Gasteiger partial charge in [0.05, 0.1) is 6.61 Å². The molecule has 0 heterocycles. The van der Waals surface area contributed by atoms with Gasteiger partial charge in [0.15, 0.2) is 0 Å². The molecular formula is C26H30O. The highest BCUT2D eigenvalue weighted by atomic mass is 16.5. The Hall–Kier alpha value is -2.20. The zero-order valence-corrected chi connectivity index (χ0v) is 16.7. The molecule has 140 valence electrons. The topological polar surface area (TPSA) is 9.23 Å². The summed E-state index contributed by atoms with van der Waals surface area (Å²) < 4.78 is 5.52. The number of aryl methyl sites for hydroxylation is 1. The van der Waals surface area contributed by atoms with Crippen LogP contribution in [0.15, 0.2) is 48.5 Å². The Kier molecular flexibility index (Phi) is 5.00. The quantitative estimate of drug-likeness (QED) is 0.583. The number of ether oxygens (including phenoxy) is 1. The molecule has 0 unspecified atom stereocenters. The first-order valence-electron chi connectivity index (χ1n) is 10.5. The van der Waals surface area contributed by atoms with Crippen LogP contribution >= 0.6 is 0 Å². The first kappa shape index (κ1) is 18.2. The average Bonchev–Trinajstić information content (AvgIpc) is 2.75. The Morgan fingerprint density at radius 2 is 1.44 bits per heavy atom. The van der Waals surface area contributed by atoms with Crippen LogP contribution in [0.5, 0.6) is 5.75 Å². The SMILES string of the molecule is CCOc1ccc(C#CC23CCC(c4ccc(CC)cc4)(CC2)CC3)cc1. The summed E-state index contributed by atoms with van der Waals surface area (Å²) in [5, 5.41) is 0. The molecule has 0 aliphatic heterocycles. The van der Waals surface area contributed by atoms with E-state index in [0.717, 1.165) is 17.7 Å². The smallest absolute Gasteiger partial charge is 0.119 e. The summed E-state index contributed by atoms with van der Waals surface area (Å²) >= 11 is 0. The second-order valence-electron chi connectivity index (χ2n) is 8.32. The molecule has 1 nitrogen and oxygen atoms in total. The largest absolute Gasteiger partial charge is 0.494 e. The predicted octanol–water partition coefficient (Wildman–Crippen LogP) is 6.29. The molecule has 3 fully saturated rings. The Morgan fingerprint density at radius 3 is 2.00 bits per heavy atom. The summed E-state index contributed by atoms with van der Waals surface area (Å²) in [6, 6.07) is 17.7. The number of hydrogen-bond donors (Lipinski definition) is 0. The van der Waals surface area contributed by atoms with Crippen molar-refractivity contribution in [3.63, 3.8) is 0 Å². The normalized spacial score (nSPS) is 26.3. The number of benzene rings is 2. The van der Waals surface area contributed by atoms with E-state index < -0.39 is 0 Å². The van der Waals surface area contributed by atoms with Crippen molar-refractivity contribution in [3.8, 4) is 17.6 Å². The molecular weight excluding hydrogens is 328 g/mol. The maximum Gasteiger partial charge on any atom is 0.119 e. The zero-order chi connectivity index (χ0) is 18.7. The summed E-state index contributed by atoms with van der Waals surface area (Å²) in [4.78, 5) is 0. The van der Waals surface area contributed by atoms with Gasteiger partial charge < -0.3 is 4.74 Å². The molecule has 27 heavy (non-hydrogen) atoms. The monoisotopic (exact) mass is 358 g/mol. The molecule has 0 radical (unpaired) electrons. The summed E-state index contributed by atoms with van der Waals surface area (Å²) in [6.07, 6.45) is 8.71. The van der Waals surface area contributed by atoms with Crippen molar-refractivity contribution in [1.29, 1.82) is 0 Å². The van der Waals surface area contributed by atoms with Gasteiger partial charge in [0, 0.05) is 11.0 Å². The van der Waals surface area contributed by atoms with Crippen molar-refractivity contribution in [1.82, 2.24) is 0 Å². The molecule has 3 saturated carbocycles. The van der Waals surface area contributed by atoms with Gasteiger partial charge in [-0.25, -0.2) is 0 Å². The van der Waals surface area contributed by atoms with Crippen LogP contribution in [-0.4, -0.2) is 6.61 Å². The van der Waals surface area contributed by atoms with E-state index in [0.29, 0.717) is 12.0 Å². The first-order valence-corrected chi connectivity index (χ1v) is 10.5. The van der Waals surface area contributed by atoms with Gasteiger partial charge in [-0.05, 0) is 92.7 Å². The van der Waals surface area contributed by atoms with Crippen molar-refractivity contribution in [2.75, 3.05) is 6.61 Å². The van der Waals surface area contributed by atoms with E-state index in [1.54, 1.807) is 5.56 Å². The van der Waals surface area contributed by atoms with Crippen molar-refractivity contribution >= 4 is 0 Å². The zero-order valence-electron chi connectivity index (χ0n) is 16.7. The molecule has 0 N–H and O–H groups in total. The van der Waals surface area contributed by atoms with Crippen LogP contribution in [0.4, 0.5) is 0 Å². The molecule has 0 amide bonds. The highest BCUT2D eigenvalue weighted by Crippen LogP contribution is 2.57. The van der Waals surface area contributed by atoms with E-state index in [1.165, 1.54) is 44.1 Å². The van der Waals surface area contributed by atoms with E-state index in [2.05, 4.69) is 55.2 Å². The fourth-order valence-corrected chi connectivity index (χ4v) is 4.91. The van der Waals surface area contributed by atoms with Gasteiger partial charge in [0.2, 0.25) is 0 Å². The van der Waals surface area contributed by atoms with Crippen LogP contribution in [-0.2, 0) is 11.8 Å². The van der Waals surface area contributed by atoms with Crippen molar-refractivity contribution < 1.29 is 4.74 Å². The van der Waals surface area contributed by atoms with Crippen LogP contribution in [0.1, 0.15) is 69.1 Å². The molecule has 0 saturated heterocycles. The maximum atomic E-state index is 5.52. The van der Waals surface area contributed by atoms with Crippen LogP contribution < -0.4 is 4.74 Å². The number of fused-ring (bicyclic) bond motifs is 3. The fraction of sp³-hybridized carbons (Fsp3) is 0.462. The Morgan fingerprint density at radius 1 is 0.815 bits per heavy atom.